The lowest BCUT2D eigenvalue weighted by molar-refractivity contribution is -0.131. The molecule has 3 aliphatic rings. The molecule has 47 heavy (non-hydrogen) atoms. The molecule has 2 aliphatic heterocycles. The number of carbonyl (C=O) groups excluding carboxylic acids is 1. The fourth-order valence-corrected chi connectivity index (χ4v) is 7.44. The smallest absolute Gasteiger partial charge is 0.318 e. The van der Waals surface area contributed by atoms with Crippen LogP contribution in [-0.2, 0) is 17.8 Å². The first-order valence-electron chi connectivity index (χ1n) is 16.6. The summed E-state index contributed by atoms with van der Waals surface area (Å²) >= 11 is 6.72. The van der Waals surface area contributed by atoms with Gasteiger partial charge in [-0.25, -0.2) is 11.0 Å². The number of carbonyl (C=O) groups is 1. The summed E-state index contributed by atoms with van der Waals surface area (Å²) in [6.45, 7) is 18.0. The highest BCUT2D eigenvalue weighted by molar-refractivity contribution is 6.36. The van der Waals surface area contributed by atoms with Crippen LogP contribution < -0.4 is 14.5 Å². The molecule has 0 N–H and O–H groups in total. The van der Waals surface area contributed by atoms with E-state index in [2.05, 4.69) is 71.3 Å². The monoisotopic (exact) mass is 659 g/mol. The number of hydrogen-bond donors (Lipinski definition) is 0. The Kier molecular flexibility index (Phi) is 9.85. The number of anilines is 2. The minimum absolute atomic E-state index is 0.0603. The summed E-state index contributed by atoms with van der Waals surface area (Å²) in [6.07, 6.45) is 4.56. The number of rotatable bonds is 10. The Morgan fingerprint density at radius 3 is 2.64 bits per heavy atom. The average Bonchev–Trinajstić information content (AvgIpc) is 3.05. The number of hydrogen-bond acceptors (Lipinski definition) is 7. The average molecular weight is 660 g/mol. The molecule has 1 saturated heterocycles. The van der Waals surface area contributed by atoms with Gasteiger partial charge < -0.3 is 24.3 Å². The summed E-state index contributed by atoms with van der Waals surface area (Å²) in [5.41, 5.74) is 2.96. The number of likely N-dealkylation sites (N-methyl/N-ethyl adjacent to an activating group) is 1. The Balaban J connectivity index is 1.31. The van der Waals surface area contributed by atoms with Crippen molar-refractivity contribution in [3.05, 3.63) is 76.5 Å². The van der Waals surface area contributed by atoms with Gasteiger partial charge in [0.2, 0.25) is 6.54 Å². The van der Waals surface area contributed by atoms with Crippen LogP contribution in [0.1, 0.15) is 44.4 Å². The normalized spacial score (nSPS) is 19.6. The van der Waals surface area contributed by atoms with E-state index in [1.807, 2.05) is 12.1 Å². The van der Waals surface area contributed by atoms with Gasteiger partial charge in [-0.05, 0) is 63.6 Å². The van der Waals surface area contributed by atoms with E-state index in [1.54, 1.807) is 0 Å². The molecule has 11 heteroatoms. The van der Waals surface area contributed by atoms with Crippen LogP contribution in [0.5, 0.6) is 6.01 Å². The molecular weight excluding hydrogens is 617 g/mol. The Morgan fingerprint density at radius 2 is 1.94 bits per heavy atom. The van der Waals surface area contributed by atoms with Crippen molar-refractivity contribution in [2.75, 3.05) is 56.2 Å². The van der Waals surface area contributed by atoms with E-state index in [0.717, 1.165) is 46.0 Å². The number of ether oxygens (including phenoxy) is 1. The maximum absolute atomic E-state index is 13.9. The standard InChI is InChI=1S/C36H43ClFN7O2/c1-23(42(5)25(3)26-9-6-10-26)22-47-36-40-31-21-43(32-14-8-12-27-11-7-13-30(37)33(27)32)16-15-29(31)34(41-36)44-17-18-45(35(46)24(2)38)28(20-44)19-39-4/h7-8,11-14,23,25-26,28H,2,6,9-10,15-22H2,1,3,5H3/t23-,25-,28+/m1/s1. The summed E-state index contributed by atoms with van der Waals surface area (Å²) in [5, 5.41) is 2.80. The molecule has 9 nitrogen and oxygen atoms in total. The zero-order valence-corrected chi connectivity index (χ0v) is 28.2. The minimum Gasteiger partial charge on any atom is -0.462 e. The van der Waals surface area contributed by atoms with Gasteiger partial charge in [0.15, 0.2) is 5.83 Å². The number of halogens is 2. The van der Waals surface area contributed by atoms with Gasteiger partial charge in [-0.1, -0.05) is 48.9 Å². The molecule has 3 aromatic rings. The van der Waals surface area contributed by atoms with Gasteiger partial charge in [-0.15, -0.1) is 0 Å². The van der Waals surface area contributed by atoms with Crippen LogP contribution in [0.4, 0.5) is 15.9 Å². The zero-order chi connectivity index (χ0) is 33.2. The molecule has 2 fully saturated rings. The predicted molar refractivity (Wildman–Crippen MR) is 185 cm³/mol. The first kappa shape index (κ1) is 33.0. The van der Waals surface area contributed by atoms with Crippen molar-refractivity contribution in [1.29, 1.82) is 0 Å². The van der Waals surface area contributed by atoms with E-state index in [-0.39, 0.29) is 19.1 Å². The summed E-state index contributed by atoms with van der Waals surface area (Å²) in [6, 6.07) is 12.6. The molecule has 0 radical (unpaired) electrons. The van der Waals surface area contributed by atoms with Gasteiger partial charge >= 0.3 is 6.01 Å². The highest BCUT2D eigenvalue weighted by Gasteiger charge is 2.36. The van der Waals surface area contributed by atoms with Crippen molar-refractivity contribution in [3.8, 4) is 6.01 Å². The van der Waals surface area contributed by atoms with Crippen molar-refractivity contribution in [2.24, 2.45) is 5.92 Å². The molecular formula is C36H43ClFN7O2. The van der Waals surface area contributed by atoms with Gasteiger partial charge in [-0.2, -0.15) is 9.97 Å². The van der Waals surface area contributed by atoms with Crippen LogP contribution in [-0.4, -0.2) is 90.2 Å². The lowest BCUT2D eigenvalue weighted by Gasteiger charge is -2.41. The van der Waals surface area contributed by atoms with Crippen LogP contribution in [0, 0.1) is 12.5 Å². The third kappa shape index (κ3) is 6.74. The van der Waals surface area contributed by atoms with Crippen LogP contribution in [0.25, 0.3) is 15.6 Å². The van der Waals surface area contributed by atoms with Crippen LogP contribution >= 0.6 is 11.6 Å². The molecule has 6 rings (SSSR count). The Labute approximate surface area is 281 Å². The summed E-state index contributed by atoms with van der Waals surface area (Å²) < 4.78 is 20.2. The van der Waals surface area contributed by atoms with Crippen LogP contribution in [0.2, 0.25) is 5.02 Å². The maximum atomic E-state index is 13.9. The molecule has 2 aromatic carbocycles. The maximum Gasteiger partial charge on any atom is 0.318 e. The van der Waals surface area contributed by atoms with Gasteiger partial charge in [0, 0.05) is 54.9 Å². The lowest BCUT2D eigenvalue weighted by atomic mass is 9.79. The van der Waals surface area contributed by atoms with Gasteiger partial charge in [0.05, 0.1) is 17.3 Å². The second-order valence-electron chi connectivity index (χ2n) is 13.1. The third-order valence-electron chi connectivity index (χ3n) is 10.4. The van der Waals surface area contributed by atoms with E-state index < -0.39 is 17.8 Å². The second-order valence-corrected chi connectivity index (χ2v) is 13.5. The van der Waals surface area contributed by atoms with Crippen molar-refractivity contribution < 1.29 is 13.9 Å². The minimum atomic E-state index is -1.01. The fraction of sp³-hybridized carbons (Fsp3) is 0.500. The molecule has 1 amide bonds. The first-order valence-corrected chi connectivity index (χ1v) is 16.9. The molecule has 1 aromatic heterocycles. The quantitative estimate of drug-likeness (QED) is 0.191. The zero-order valence-electron chi connectivity index (χ0n) is 27.5. The highest BCUT2D eigenvalue weighted by atomic mass is 35.5. The number of amides is 1. The van der Waals surface area contributed by atoms with Crippen LogP contribution in [0.15, 0.2) is 48.8 Å². The number of piperazine rings is 1. The van der Waals surface area contributed by atoms with E-state index in [0.29, 0.717) is 49.7 Å². The number of fused-ring (bicyclic) bond motifs is 2. The number of benzene rings is 2. The van der Waals surface area contributed by atoms with Crippen molar-refractivity contribution in [3.63, 3.8) is 0 Å². The van der Waals surface area contributed by atoms with Crippen molar-refractivity contribution in [2.45, 2.75) is 64.2 Å². The van der Waals surface area contributed by atoms with E-state index in [4.69, 9.17) is 32.9 Å². The SMILES string of the molecule is [C-]#[N+]C[C@H]1CN(c2nc(OC[C@@H](C)N(C)[C@H](C)C3CCC3)nc3c2CCN(c2cccc4cccc(Cl)c24)C3)CCN1C(=O)C(=C)F. The topological polar surface area (TPSA) is 69.4 Å². The van der Waals surface area contributed by atoms with E-state index >= 15 is 0 Å². The number of aromatic nitrogens is 2. The van der Waals surface area contributed by atoms with Crippen molar-refractivity contribution in [1.82, 2.24) is 19.8 Å². The molecule has 0 unspecified atom stereocenters. The number of nitrogens with zero attached hydrogens (tertiary/aromatic N) is 7. The molecule has 248 valence electrons. The summed E-state index contributed by atoms with van der Waals surface area (Å²) in [5.74, 6) is -0.287. The van der Waals surface area contributed by atoms with Gasteiger partial charge in [0.25, 0.3) is 5.91 Å². The van der Waals surface area contributed by atoms with Crippen molar-refractivity contribution >= 4 is 39.8 Å². The first-order chi connectivity index (χ1) is 22.7. The molecule has 1 saturated carbocycles. The molecule has 3 heterocycles. The second kappa shape index (κ2) is 14.0. The van der Waals surface area contributed by atoms with E-state index in [1.165, 1.54) is 24.2 Å². The van der Waals surface area contributed by atoms with Gasteiger partial charge in [0.1, 0.15) is 18.5 Å². The predicted octanol–water partition coefficient (Wildman–Crippen LogP) is 6.15. The third-order valence-corrected chi connectivity index (χ3v) is 10.7. The Bertz CT molecular complexity index is 1690. The molecule has 0 spiro atoms. The Morgan fingerprint density at radius 1 is 1.17 bits per heavy atom. The molecule has 1 aliphatic carbocycles. The largest absolute Gasteiger partial charge is 0.462 e. The Hall–Kier alpha value is -3.94. The van der Waals surface area contributed by atoms with E-state index in [9.17, 15) is 9.18 Å². The van der Waals surface area contributed by atoms with Crippen LogP contribution in [0.3, 0.4) is 0 Å². The summed E-state index contributed by atoms with van der Waals surface area (Å²) in [7, 11) is 2.16. The fourth-order valence-electron chi connectivity index (χ4n) is 7.16. The highest BCUT2D eigenvalue weighted by Crippen LogP contribution is 2.37. The molecule has 3 atom stereocenters. The molecule has 0 bridgehead atoms. The lowest BCUT2D eigenvalue weighted by Crippen LogP contribution is -2.57. The summed E-state index contributed by atoms with van der Waals surface area (Å²) in [4.78, 5) is 34.3. The van der Waals surface area contributed by atoms with Gasteiger partial charge in [-0.3, -0.25) is 9.69 Å².